The minimum atomic E-state index is -3.72. The number of hydrogen-bond acceptors (Lipinski definition) is 3. The van der Waals surface area contributed by atoms with Crippen molar-refractivity contribution in [3.05, 3.63) is 64.7 Å². The Labute approximate surface area is 143 Å². The summed E-state index contributed by atoms with van der Waals surface area (Å²) in [5.74, 6) is -0.0736. The molecule has 2 N–H and O–H groups in total. The Balaban J connectivity index is 2.25. The van der Waals surface area contributed by atoms with Crippen molar-refractivity contribution in [2.45, 2.75) is 31.7 Å². The summed E-state index contributed by atoms with van der Waals surface area (Å²) >= 11 is 0. The molecular formula is C18H22N2O3S. The third-order valence-electron chi connectivity index (χ3n) is 4.20. The second kappa shape index (κ2) is 6.75. The zero-order chi connectivity index (χ0) is 18.1. The van der Waals surface area contributed by atoms with Crippen LogP contribution in [0.4, 0.5) is 0 Å². The Morgan fingerprint density at radius 2 is 1.67 bits per heavy atom. The first kappa shape index (κ1) is 18.2. The van der Waals surface area contributed by atoms with E-state index in [1.807, 2.05) is 39.0 Å². The molecule has 2 rings (SSSR count). The molecule has 0 bridgehead atoms. The van der Waals surface area contributed by atoms with Crippen molar-refractivity contribution in [2.75, 3.05) is 7.05 Å². The molecule has 2 aromatic carbocycles. The molecule has 0 aromatic heterocycles. The number of nitrogens with zero attached hydrogens (tertiary/aromatic N) is 1. The summed E-state index contributed by atoms with van der Waals surface area (Å²) in [7, 11) is -1.98. The van der Waals surface area contributed by atoms with Crippen molar-refractivity contribution < 1.29 is 13.2 Å². The third kappa shape index (κ3) is 3.83. The van der Waals surface area contributed by atoms with Gasteiger partial charge in [0.25, 0.3) is 5.91 Å². The Kier molecular flexibility index (Phi) is 5.11. The molecule has 0 spiro atoms. The molecule has 0 radical (unpaired) electrons. The van der Waals surface area contributed by atoms with Crippen LogP contribution in [0.25, 0.3) is 0 Å². The van der Waals surface area contributed by atoms with Gasteiger partial charge in [-0.1, -0.05) is 29.8 Å². The molecular weight excluding hydrogens is 324 g/mol. The van der Waals surface area contributed by atoms with Crippen molar-refractivity contribution in [1.82, 2.24) is 4.90 Å². The molecule has 0 saturated heterocycles. The van der Waals surface area contributed by atoms with E-state index in [9.17, 15) is 13.2 Å². The molecule has 6 heteroatoms. The zero-order valence-corrected chi connectivity index (χ0v) is 15.1. The number of nitrogens with two attached hydrogens (primary N) is 1. The van der Waals surface area contributed by atoms with Gasteiger partial charge in [-0.3, -0.25) is 4.79 Å². The fourth-order valence-electron chi connectivity index (χ4n) is 2.58. The van der Waals surface area contributed by atoms with Gasteiger partial charge in [0.1, 0.15) is 0 Å². The van der Waals surface area contributed by atoms with Crippen molar-refractivity contribution in [3.63, 3.8) is 0 Å². The molecule has 1 unspecified atom stereocenters. The first-order chi connectivity index (χ1) is 11.1. The molecule has 0 aliphatic carbocycles. The summed E-state index contributed by atoms with van der Waals surface area (Å²) in [6.07, 6.45) is 0. The quantitative estimate of drug-likeness (QED) is 0.924. The Morgan fingerprint density at radius 1 is 1.08 bits per heavy atom. The lowest BCUT2D eigenvalue weighted by molar-refractivity contribution is 0.0742. The first-order valence-corrected chi connectivity index (χ1v) is 9.13. The van der Waals surface area contributed by atoms with E-state index in [4.69, 9.17) is 5.14 Å². The van der Waals surface area contributed by atoms with Crippen molar-refractivity contribution in [3.8, 4) is 0 Å². The van der Waals surface area contributed by atoms with Gasteiger partial charge in [-0.15, -0.1) is 0 Å². The average molecular weight is 346 g/mol. The number of benzene rings is 2. The molecule has 1 atom stereocenters. The van der Waals surface area contributed by atoms with Crippen LogP contribution in [-0.4, -0.2) is 26.3 Å². The maximum absolute atomic E-state index is 12.7. The van der Waals surface area contributed by atoms with Crippen LogP contribution < -0.4 is 5.14 Å². The van der Waals surface area contributed by atoms with Gasteiger partial charge in [0.2, 0.25) is 10.0 Å². The molecule has 0 aliphatic heterocycles. The van der Waals surface area contributed by atoms with Gasteiger partial charge in [0.05, 0.1) is 10.9 Å². The molecule has 128 valence electrons. The van der Waals surface area contributed by atoms with E-state index in [0.29, 0.717) is 5.56 Å². The average Bonchev–Trinajstić information content (AvgIpc) is 2.52. The van der Waals surface area contributed by atoms with Gasteiger partial charge in [0.15, 0.2) is 0 Å². The number of sulfonamides is 1. The maximum Gasteiger partial charge on any atom is 0.254 e. The monoisotopic (exact) mass is 346 g/mol. The van der Waals surface area contributed by atoms with Gasteiger partial charge in [-0.25, -0.2) is 13.6 Å². The van der Waals surface area contributed by atoms with Crippen molar-refractivity contribution >= 4 is 15.9 Å². The van der Waals surface area contributed by atoms with Crippen molar-refractivity contribution in [2.24, 2.45) is 5.14 Å². The lowest BCUT2D eigenvalue weighted by Crippen LogP contribution is -2.30. The molecule has 0 aliphatic rings. The summed E-state index contributed by atoms with van der Waals surface area (Å²) in [5.41, 5.74) is 3.54. The van der Waals surface area contributed by atoms with Crippen LogP contribution in [0.3, 0.4) is 0 Å². The topological polar surface area (TPSA) is 80.5 Å². The molecule has 24 heavy (non-hydrogen) atoms. The van der Waals surface area contributed by atoms with Gasteiger partial charge < -0.3 is 4.90 Å². The van der Waals surface area contributed by atoms with E-state index >= 15 is 0 Å². The second-order valence-corrected chi connectivity index (χ2v) is 7.59. The van der Waals surface area contributed by atoms with E-state index < -0.39 is 10.0 Å². The molecule has 0 fully saturated rings. The van der Waals surface area contributed by atoms with E-state index in [0.717, 1.165) is 16.7 Å². The largest absolute Gasteiger partial charge is 0.335 e. The number of carbonyl (C=O) groups excluding carboxylic acids is 1. The second-order valence-electron chi connectivity index (χ2n) is 6.02. The molecule has 0 heterocycles. The van der Waals surface area contributed by atoms with Crippen LogP contribution in [0.5, 0.6) is 0 Å². The van der Waals surface area contributed by atoms with Crippen LogP contribution in [0, 0.1) is 13.8 Å². The normalized spacial score (nSPS) is 12.7. The standard InChI is InChI=1S/C18H22N2O3S/c1-12-5-10-17(13(2)11-12)18(21)20(4)14(3)15-6-8-16(9-7-15)24(19,22)23/h5-11,14H,1-4H3,(H2,19,22,23). The third-order valence-corrected chi connectivity index (χ3v) is 5.13. The van der Waals surface area contributed by atoms with Gasteiger partial charge in [0, 0.05) is 12.6 Å². The van der Waals surface area contributed by atoms with E-state index in [2.05, 4.69) is 0 Å². The predicted octanol–water partition coefficient (Wildman–Crippen LogP) is 2.78. The Bertz CT molecular complexity index is 858. The fourth-order valence-corrected chi connectivity index (χ4v) is 3.09. The molecule has 2 aromatic rings. The number of rotatable bonds is 4. The SMILES string of the molecule is Cc1ccc(C(=O)N(C)C(C)c2ccc(S(N)(=O)=O)cc2)c(C)c1. The molecule has 0 saturated carbocycles. The van der Waals surface area contributed by atoms with Crippen molar-refractivity contribution in [1.29, 1.82) is 0 Å². The van der Waals surface area contributed by atoms with Crippen LogP contribution in [-0.2, 0) is 10.0 Å². The fraction of sp³-hybridized carbons (Fsp3) is 0.278. The van der Waals surface area contributed by atoms with Crippen LogP contribution in [0.2, 0.25) is 0 Å². The smallest absolute Gasteiger partial charge is 0.254 e. The number of primary sulfonamides is 1. The van der Waals surface area contributed by atoms with E-state index in [-0.39, 0.29) is 16.8 Å². The number of hydrogen-bond donors (Lipinski definition) is 1. The summed E-state index contributed by atoms with van der Waals surface area (Å²) in [6, 6.07) is 11.8. The Morgan fingerprint density at radius 3 is 2.17 bits per heavy atom. The van der Waals surface area contributed by atoms with Crippen LogP contribution in [0.1, 0.15) is 40.0 Å². The predicted molar refractivity (Wildman–Crippen MR) is 94.2 cm³/mol. The van der Waals surface area contributed by atoms with Crippen LogP contribution >= 0.6 is 0 Å². The minimum Gasteiger partial charge on any atom is -0.335 e. The lowest BCUT2D eigenvalue weighted by atomic mass is 10.0. The number of carbonyl (C=O) groups is 1. The number of aryl methyl sites for hydroxylation is 2. The lowest BCUT2D eigenvalue weighted by Gasteiger charge is -2.26. The van der Waals surface area contributed by atoms with Crippen LogP contribution in [0.15, 0.2) is 47.4 Å². The first-order valence-electron chi connectivity index (χ1n) is 7.58. The van der Waals surface area contributed by atoms with E-state index in [1.165, 1.54) is 12.1 Å². The minimum absolute atomic E-state index is 0.0572. The highest BCUT2D eigenvalue weighted by atomic mass is 32.2. The van der Waals surface area contributed by atoms with Gasteiger partial charge >= 0.3 is 0 Å². The summed E-state index contributed by atoms with van der Waals surface area (Å²) < 4.78 is 22.6. The highest BCUT2D eigenvalue weighted by Gasteiger charge is 2.20. The number of amides is 1. The highest BCUT2D eigenvalue weighted by molar-refractivity contribution is 7.89. The van der Waals surface area contributed by atoms with E-state index in [1.54, 1.807) is 24.1 Å². The Hall–Kier alpha value is -2.18. The maximum atomic E-state index is 12.7. The van der Waals surface area contributed by atoms with Gasteiger partial charge in [-0.05, 0) is 50.1 Å². The summed E-state index contributed by atoms with van der Waals surface area (Å²) in [4.78, 5) is 14.4. The highest BCUT2D eigenvalue weighted by Crippen LogP contribution is 2.23. The van der Waals surface area contributed by atoms with Gasteiger partial charge in [-0.2, -0.15) is 0 Å². The zero-order valence-electron chi connectivity index (χ0n) is 14.3. The molecule has 1 amide bonds. The summed E-state index contributed by atoms with van der Waals surface area (Å²) in [6.45, 7) is 5.80. The molecule has 5 nitrogen and oxygen atoms in total. The summed E-state index contributed by atoms with van der Waals surface area (Å²) in [5, 5.41) is 5.10.